The Morgan fingerprint density at radius 2 is 1.92 bits per heavy atom. The number of benzene rings is 1. The van der Waals surface area contributed by atoms with Crippen molar-refractivity contribution in [3.8, 4) is 0 Å². The predicted molar refractivity (Wildman–Crippen MR) is 105 cm³/mol. The normalized spacial score (nSPS) is 22.6. The first kappa shape index (κ1) is 20.7. The van der Waals surface area contributed by atoms with Crippen molar-refractivity contribution in [1.29, 1.82) is 0 Å². The number of hydrogen-bond donors (Lipinski definition) is 1. The summed E-state index contributed by atoms with van der Waals surface area (Å²) in [5.74, 6) is 0.477. The van der Waals surface area contributed by atoms with E-state index >= 15 is 0 Å². The Balaban J connectivity index is 0.00000243. The van der Waals surface area contributed by atoms with Crippen molar-refractivity contribution in [3.05, 3.63) is 35.4 Å². The van der Waals surface area contributed by atoms with Crippen LogP contribution in [0, 0.1) is 5.92 Å². The average Bonchev–Trinajstić information content (AvgIpc) is 2.59. The van der Waals surface area contributed by atoms with Crippen LogP contribution in [0.2, 0.25) is 0 Å². The molecule has 2 heterocycles. The molecule has 144 valence electrons. The van der Waals surface area contributed by atoms with E-state index in [9.17, 15) is 9.59 Å². The summed E-state index contributed by atoms with van der Waals surface area (Å²) < 4.78 is 0. The highest BCUT2D eigenvalue weighted by atomic mass is 35.5. The molecule has 6 heteroatoms. The first-order valence-corrected chi connectivity index (χ1v) is 9.34. The molecule has 2 aliphatic rings. The molecule has 0 saturated carbocycles. The van der Waals surface area contributed by atoms with Crippen LogP contribution in [0.15, 0.2) is 24.3 Å². The van der Waals surface area contributed by atoms with Crippen LogP contribution in [0.5, 0.6) is 0 Å². The van der Waals surface area contributed by atoms with Crippen molar-refractivity contribution >= 4 is 24.2 Å². The van der Waals surface area contributed by atoms with E-state index in [0.717, 1.165) is 12.1 Å². The lowest BCUT2D eigenvalue weighted by molar-refractivity contribution is -0.148. The topological polar surface area (TPSA) is 52.7 Å². The third kappa shape index (κ3) is 4.57. The van der Waals surface area contributed by atoms with Crippen LogP contribution in [0.3, 0.4) is 0 Å². The van der Waals surface area contributed by atoms with Gasteiger partial charge in [0, 0.05) is 45.1 Å². The molecule has 1 aromatic carbocycles. The van der Waals surface area contributed by atoms with E-state index in [-0.39, 0.29) is 30.3 Å². The third-order valence-electron chi connectivity index (χ3n) is 5.12. The van der Waals surface area contributed by atoms with Gasteiger partial charge < -0.3 is 15.1 Å². The second-order valence-electron chi connectivity index (χ2n) is 7.75. The molecule has 0 spiro atoms. The van der Waals surface area contributed by atoms with Gasteiger partial charge in [0.15, 0.2) is 0 Å². The number of carbonyl (C=O) groups is 2. The summed E-state index contributed by atoms with van der Waals surface area (Å²) in [5, 5.41) is 3.37. The Hall–Kier alpha value is -1.59. The minimum Gasteiger partial charge on any atom is -0.338 e. The Kier molecular flexibility index (Phi) is 7.07. The van der Waals surface area contributed by atoms with Gasteiger partial charge in [-0.15, -0.1) is 12.4 Å². The van der Waals surface area contributed by atoms with Gasteiger partial charge in [0.1, 0.15) is 6.04 Å². The summed E-state index contributed by atoms with van der Waals surface area (Å²) in [6.45, 7) is 8.97. The van der Waals surface area contributed by atoms with Crippen LogP contribution < -0.4 is 5.32 Å². The Bertz CT molecular complexity index is 650. The van der Waals surface area contributed by atoms with Crippen LogP contribution in [-0.2, 0) is 22.6 Å². The van der Waals surface area contributed by atoms with Gasteiger partial charge in [-0.1, -0.05) is 38.1 Å². The highest BCUT2D eigenvalue weighted by Gasteiger charge is 2.37. The predicted octanol–water partition coefficient (Wildman–Crippen LogP) is 2.23. The van der Waals surface area contributed by atoms with Gasteiger partial charge in [-0.2, -0.15) is 0 Å². The largest absolute Gasteiger partial charge is 0.338 e. The molecule has 5 nitrogen and oxygen atoms in total. The van der Waals surface area contributed by atoms with Gasteiger partial charge in [-0.25, -0.2) is 0 Å². The molecule has 0 aliphatic carbocycles. The summed E-state index contributed by atoms with van der Waals surface area (Å²) in [6.07, 6.45) is 1.11. The van der Waals surface area contributed by atoms with Crippen molar-refractivity contribution in [2.24, 2.45) is 5.92 Å². The summed E-state index contributed by atoms with van der Waals surface area (Å²) in [7, 11) is 0. The Labute approximate surface area is 162 Å². The van der Waals surface area contributed by atoms with Crippen LogP contribution in [-0.4, -0.2) is 53.3 Å². The van der Waals surface area contributed by atoms with Gasteiger partial charge in [-0.3, -0.25) is 9.59 Å². The molecule has 1 saturated heterocycles. The SMILES string of the molecule is CC(C)CC(=O)N1Cc2ccccc2CC1C(=O)N1CCNC(C)C1.Cl. The molecule has 2 unspecified atom stereocenters. The van der Waals surface area contributed by atoms with Crippen molar-refractivity contribution in [2.45, 2.75) is 52.2 Å². The number of carbonyl (C=O) groups excluding carboxylic acids is 2. The van der Waals surface area contributed by atoms with Gasteiger partial charge in [0.2, 0.25) is 11.8 Å². The standard InChI is InChI=1S/C20H29N3O2.ClH/c1-14(2)10-19(24)23-13-17-7-5-4-6-16(17)11-18(23)20(25)22-9-8-21-15(3)12-22;/h4-7,14-15,18,21H,8-13H2,1-3H3;1H. The lowest BCUT2D eigenvalue weighted by Gasteiger charge is -2.41. The maximum absolute atomic E-state index is 13.2. The zero-order chi connectivity index (χ0) is 18.0. The second-order valence-corrected chi connectivity index (χ2v) is 7.75. The lowest BCUT2D eigenvalue weighted by Crippen LogP contribution is -2.58. The molecular weight excluding hydrogens is 350 g/mol. The van der Waals surface area contributed by atoms with Crippen molar-refractivity contribution < 1.29 is 9.59 Å². The van der Waals surface area contributed by atoms with E-state index in [0.29, 0.717) is 44.4 Å². The molecule has 1 N–H and O–H groups in total. The second kappa shape index (κ2) is 8.87. The van der Waals surface area contributed by atoms with E-state index < -0.39 is 0 Å². The van der Waals surface area contributed by atoms with Crippen molar-refractivity contribution in [1.82, 2.24) is 15.1 Å². The molecule has 0 radical (unpaired) electrons. The fourth-order valence-electron chi connectivity index (χ4n) is 3.82. The zero-order valence-electron chi connectivity index (χ0n) is 15.9. The fourth-order valence-corrected chi connectivity index (χ4v) is 3.82. The molecule has 2 atom stereocenters. The summed E-state index contributed by atoms with van der Waals surface area (Å²) in [5.41, 5.74) is 2.36. The van der Waals surface area contributed by atoms with E-state index in [2.05, 4.69) is 24.4 Å². The Morgan fingerprint density at radius 3 is 2.58 bits per heavy atom. The van der Waals surface area contributed by atoms with Crippen LogP contribution in [0.25, 0.3) is 0 Å². The number of rotatable bonds is 3. The third-order valence-corrected chi connectivity index (χ3v) is 5.12. The molecule has 0 aromatic heterocycles. The molecule has 0 bridgehead atoms. The maximum atomic E-state index is 13.2. The van der Waals surface area contributed by atoms with Crippen LogP contribution in [0.1, 0.15) is 38.3 Å². The molecule has 3 rings (SSSR count). The molecule has 26 heavy (non-hydrogen) atoms. The van der Waals surface area contributed by atoms with Gasteiger partial charge in [0.05, 0.1) is 0 Å². The Morgan fingerprint density at radius 1 is 1.23 bits per heavy atom. The van der Waals surface area contributed by atoms with Crippen LogP contribution in [0.4, 0.5) is 0 Å². The van der Waals surface area contributed by atoms with Crippen LogP contribution >= 0.6 is 12.4 Å². The number of halogens is 1. The fraction of sp³-hybridized carbons (Fsp3) is 0.600. The quantitative estimate of drug-likeness (QED) is 0.876. The van der Waals surface area contributed by atoms with E-state index in [1.54, 1.807) is 0 Å². The smallest absolute Gasteiger partial charge is 0.245 e. The monoisotopic (exact) mass is 379 g/mol. The molecular formula is C20H30ClN3O2. The molecule has 1 aromatic rings. The first-order chi connectivity index (χ1) is 12.0. The van der Waals surface area contributed by atoms with E-state index in [4.69, 9.17) is 0 Å². The number of nitrogens with one attached hydrogen (secondary N) is 1. The number of fused-ring (bicyclic) bond motifs is 1. The maximum Gasteiger partial charge on any atom is 0.245 e. The summed E-state index contributed by atoms with van der Waals surface area (Å²) >= 11 is 0. The minimum atomic E-state index is -0.369. The molecule has 2 amide bonds. The summed E-state index contributed by atoms with van der Waals surface area (Å²) in [4.78, 5) is 29.8. The number of amides is 2. The lowest BCUT2D eigenvalue weighted by atomic mass is 9.92. The van der Waals surface area contributed by atoms with Crippen molar-refractivity contribution in [3.63, 3.8) is 0 Å². The van der Waals surface area contributed by atoms with Gasteiger partial charge in [-0.05, 0) is 24.0 Å². The highest BCUT2D eigenvalue weighted by molar-refractivity contribution is 5.88. The number of piperazine rings is 1. The average molecular weight is 380 g/mol. The number of hydrogen-bond acceptors (Lipinski definition) is 3. The van der Waals surface area contributed by atoms with Gasteiger partial charge in [0.25, 0.3) is 0 Å². The van der Waals surface area contributed by atoms with E-state index in [1.807, 2.05) is 35.8 Å². The van der Waals surface area contributed by atoms with Crippen molar-refractivity contribution in [2.75, 3.05) is 19.6 Å². The number of nitrogens with zero attached hydrogens (tertiary/aromatic N) is 2. The van der Waals surface area contributed by atoms with E-state index in [1.165, 1.54) is 5.56 Å². The molecule has 2 aliphatic heterocycles. The highest BCUT2D eigenvalue weighted by Crippen LogP contribution is 2.26. The zero-order valence-corrected chi connectivity index (χ0v) is 16.7. The minimum absolute atomic E-state index is 0. The summed E-state index contributed by atoms with van der Waals surface area (Å²) in [6, 6.07) is 8.10. The molecule has 1 fully saturated rings. The van der Waals surface area contributed by atoms with Gasteiger partial charge >= 0.3 is 0 Å². The first-order valence-electron chi connectivity index (χ1n) is 9.34.